The molecule has 10 heteroatoms. The van der Waals surface area contributed by atoms with Crippen LogP contribution in [0.2, 0.25) is 0 Å². The Bertz CT molecular complexity index is 1450. The van der Waals surface area contributed by atoms with Crippen molar-refractivity contribution in [3.63, 3.8) is 0 Å². The van der Waals surface area contributed by atoms with Crippen molar-refractivity contribution in [2.24, 2.45) is 0 Å². The van der Waals surface area contributed by atoms with Crippen LogP contribution in [-0.2, 0) is 32.7 Å². The van der Waals surface area contributed by atoms with Crippen LogP contribution in [0, 0.1) is 0 Å². The van der Waals surface area contributed by atoms with Crippen molar-refractivity contribution >= 4 is 19.8 Å². The van der Waals surface area contributed by atoms with E-state index in [1.807, 2.05) is 21.1 Å². The number of hydrogen-bond acceptors (Lipinski definition) is 7. The predicted molar refractivity (Wildman–Crippen MR) is 358 cm³/mol. The number of unbranched alkanes of at least 4 members (excludes halogenated alkanes) is 51. The van der Waals surface area contributed by atoms with Crippen molar-refractivity contribution in [2.45, 2.75) is 386 Å². The van der Waals surface area contributed by atoms with Crippen LogP contribution < -0.4 is 0 Å². The molecule has 0 saturated heterocycles. The second-order valence-corrected chi connectivity index (χ2v) is 27.8. The van der Waals surface area contributed by atoms with Crippen LogP contribution in [0.15, 0.2) is 24.3 Å². The number of hydrogen-bond donors (Lipinski definition) is 1. The van der Waals surface area contributed by atoms with E-state index < -0.39 is 26.5 Å². The zero-order valence-electron chi connectivity index (χ0n) is 56.2. The van der Waals surface area contributed by atoms with Crippen LogP contribution >= 0.6 is 7.82 Å². The van der Waals surface area contributed by atoms with Crippen molar-refractivity contribution in [3.05, 3.63) is 24.3 Å². The predicted octanol–water partition coefficient (Wildman–Crippen LogP) is 23.7. The zero-order chi connectivity index (χ0) is 60.5. The normalized spacial score (nSPS) is 13.2. The number of carbonyl (C=O) groups excluding carboxylic acids is 2. The lowest BCUT2D eigenvalue weighted by Crippen LogP contribution is -2.37. The molecule has 1 N–H and O–H groups in total. The Labute approximate surface area is 517 Å². The molecule has 0 aromatic rings. The van der Waals surface area contributed by atoms with E-state index >= 15 is 0 Å². The number of rotatable bonds is 69. The number of nitrogens with zero attached hydrogens (tertiary/aromatic N) is 1. The first kappa shape index (κ1) is 81.5. The molecule has 0 bridgehead atoms. The lowest BCUT2D eigenvalue weighted by Gasteiger charge is -2.24. The summed E-state index contributed by atoms with van der Waals surface area (Å²) in [6.07, 6.45) is 81.7. The van der Waals surface area contributed by atoms with Gasteiger partial charge >= 0.3 is 19.8 Å². The first-order valence-corrected chi connectivity index (χ1v) is 38.1. The summed E-state index contributed by atoms with van der Waals surface area (Å²) in [5.41, 5.74) is 0. The van der Waals surface area contributed by atoms with E-state index in [9.17, 15) is 19.0 Å². The molecule has 0 aromatic heterocycles. The van der Waals surface area contributed by atoms with E-state index in [1.165, 1.54) is 308 Å². The Morgan fingerprint density at radius 1 is 0.373 bits per heavy atom. The molecular formula is C73H143NO8P+. The monoisotopic (exact) mass is 1190 g/mol. The molecule has 0 spiro atoms. The number of phosphoric ester groups is 1. The van der Waals surface area contributed by atoms with Crippen LogP contribution in [0.25, 0.3) is 0 Å². The van der Waals surface area contributed by atoms with Gasteiger partial charge in [0.2, 0.25) is 0 Å². The van der Waals surface area contributed by atoms with Crippen LogP contribution in [-0.4, -0.2) is 74.9 Å². The summed E-state index contributed by atoms with van der Waals surface area (Å²) in [7, 11) is 1.50. The van der Waals surface area contributed by atoms with Gasteiger partial charge in [0.25, 0.3) is 0 Å². The summed E-state index contributed by atoms with van der Waals surface area (Å²) in [4.78, 5) is 35.8. The summed E-state index contributed by atoms with van der Waals surface area (Å²) < 4.78 is 34.7. The molecule has 0 aliphatic carbocycles. The van der Waals surface area contributed by atoms with E-state index in [0.717, 1.165) is 44.9 Å². The molecule has 492 valence electrons. The maximum Gasteiger partial charge on any atom is 0.472 e. The minimum Gasteiger partial charge on any atom is -0.462 e. The summed E-state index contributed by atoms with van der Waals surface area (Å²) in [6, 6.07) is 0. The van der Waals surface area contributed by atoms with Crippen molar-refractivity contribution < 1.29 is 42.1 Å². The van der Waals surface area contributed by atoms with Gasteiger partial charge in [0.05, 0.1) is 27.7 Å². The number of phosphoric acid groups is 1. The average Bonchev–Trinajstić information content (AvgIpc) is 3.48. The fourth-order valence-corrected chi connectivity index (χ4v) is 11.9. The fourth-order valence-electron chi connectivity index (χ4n) is 11.1. The molecule has 0 rings (SSSR count). The summed E-state index contributed by atoms with van der Waals surface area (Å²) in [5, 5.41) is 0. The van der Waals surface area contributed by atoms with Crippen LogP contribution in [0.5, 0.6) is 0 Å². The van der Waals surface area contributed by atoms with Crippen LogP contribution in [0.4, 0.5) is 0 Å². The van der Waals surface area contributed by atoms with Crippen molar-refractivity contribution in [2.75, 3.05) is 47.5 Å². The molecule has 0 heterocycles. The van der Waals surface area contributed by atoms with Gasteiger partial charge in [-0.25, -0.2) is 4.57 Å². The van der Waals surface area contributed by atoms with E-state index in [2.05, 4.69) is 38.2 Å². The molecule has 0 aliphatic rings. The average molecular weight is 1190 g/mol. The minimum absolute atomic E-state index is 0.0365. The summed E-state index contributed by atoms with van der Waals surface area (Å²) in [5.74, 6) is -0.772. The van der Waals surface area contributed by atoms with Gasteiger partial charge < -0.3 is 18.9 Å². The van der Waals surface area contributed by atoms with Crippen molar-refractivity contribution in [3.8, 4) is 0 Å². The molecule has 0 saturated carbocycles. The third-order valence-electron chi connectivity index (χ3n) is 16.7. The highest BCUT2D eigenvalue weighted by molar-refractivity contribution is 7.47. The maximum atomic E-state index is 12.9. The number of carbonyl (C=O) groups is 2. The molecule has 2 atom stereocenters. The van der Waals surface area contributed by atoms with Crippen LogP contribution in [0.3, 0.4) is 0 Å². The van der Waals surface area contributed by atoms with Gasteiger partial charge in [-0.05, 0) is 44.9 Å². The molecular weight excluding hydrogens is 1050 g/mol. The lowest BCUT2D eigenvalue weighted by atomic mass is 10.0. The Hall–Kier alpha value is -1.51. The lowest BCUT2D eigenvalue weighted by molar-refractivity contribution is -0.870. The molecule has 0 aliphatic heterocycles. The molecule has 9 nitrogen and oxygen atoms in total. The van der Waals surface area contributed by atoms with Gasteiger partial charge in [0.1, 0.15) is 19.8 Å². The maximum absolute atomic E-state index is 12.9. The Morgan fingerprint density at radius 2 is 0.651 bits per heavy atom. The highest BCUT2D eigenvalue weighted by Gasteiger charge is 2.27. The first-order chi connectivity index (χ1) is 40.5. The molecule has 83 heavy (non-hydrogen) atoms. The highest BCUT2D eigenvalue weighted by atomic mass is 31.2. The second-order valence-electron chi connectivity index (χ2n) is 26.3. The molecule has 0 radical (unpaired) electrons. The van der Waals surface area contributed by atoms with E-state index in [4.69, 9.17) is 18.5 Å². The highest BCUT2D eigenvalue weighted by Crippen LogP contribution is 2.43. The van der Waals surface area contributed by atoms with Crippen LogP contribution in [0.1, 0.15) is 380 Å². The zero-order valence-corrected chi connectivity index (χ0v) is 57.1. The van der Waals surface area contributed by atoms with Gasteiger partial charge in [-0.1, -0.05) is 346 Å². The number of allylic oxidation sites excluding steroid dienone is 4. The molecule has 2 unspecified atom stereocenters. The van der Waals surface area contributed by atoms with Crippen molar-refractivity contribution in [1.82, 2.24) is 0 Å². The smallest absolute Gasteiger partial charge is 0.462 e. The molecule has 0 fully saturated rings. The van der Waals surface area contributed by atoms with E-state index in [0.29, 0.717) is 17.4 Å². The molecule has 0 aromatic carbocycles. The van der Waals surface area contributed by atoms with Crippen molar-refractivity contribution in [1.29, 1.82) is 0 Å². The number of quaternary nitrogens is 1. The Kier molecular flexibility index (Phi) is 63.8. The minimum atomic E-state index is -4.38. The third-order valence-corrected chi connectivity index (χ3v) is 17.7. The Morgan fingerprint density at radius 3 is 0.952 bits per heavy atom. The quantitative estimate of drug-likeness (QED) is 0.0211. The van der Waals surface area contributed by atoms with E-state index in [1.54, 1.807) is 0 Å². The summed E-state index contributed by atoms with van der Waals surface area (Å²) >= 11 is 0. The first-order valence-electron chi connectivity index (χ1n) is 36.6. The van der Waals surface area contributed by atoms with Gasteiger partial charge in [-0.3, -0.25) is 18.6 Å². The van der Waals surface area contributed by atoms with Gasteiger partial charge in [0.15, 0.2) is 6.10 Å². The molecule has 0 amide bonds. The van der Waals surface area contributed by atoms with Gasteiger partial charge in [0, 0.05) is 12.8 Å². The number of ether oxygens (including phenoxy) is 2. The second kappa shape index (κ2) is 64.9. The standard InChI is InChI=1S/C73H142NO8P/c1-6-8-10-12-14-16-18-20-22-24-26-27-28-29-30-31-32-33-34-35-36-37-38-39-40-41-42-43-44-45-46-47-48-50-52-54-56-58-60-62-64-66-73(76)82-71(70-81-83(77,78)80-68-67-74(3,4)5)69-79-72(75)65-63-61-59-57-55-53-51-49-25-23-21-19-17-15-13-11-9-7-2/h18,20,24,26,71H,6-17,19,21-23,25,27-70H2,1-5H3/p+1/b20-18-,26-24-. The topological polar surface area (TPSA) is 108 Å². The summed E-state index contributed by atoms with van der Waals surface area (Å²) in [6.45, 7) is 4.50. The third kappa shape index (κ3) is 69.5. The Balaban J connectivity index is 3.85. The number of likely N-dealkylation sites (N-methyl/N-ethyl adjacent to an activating group) is 1. The largest absolute Gasteiger partial charge is 0.472 e. The van der Waals surface area contributed by atoms with Gasteiger partial charge in [-0.2, -0.15) is 0 Å². The fraction of sp³-hybridized carbons (Fsp3) is 0.918. The SMILES string of the molecule is CCCCCCC/C=C\C/C=C\CCCCCCCCCCCCCCCCCCCCCCCCCCCCCCCC(=O)OC(COC(=O)CCCCCCCCCCCCCCCCCCCC)COP(=O)(O)OCC[N+](C)(C)C. The number of esters is 2. The van der Waals surface area contributed by atoms with E-state index in [-0.39, 0.29) is 25.6 Å². The van der Waals surface area contributed by atoms with Gasteiger partial charge in [-0.15, -0.1) is 0 Å².